The molecule has 12 heavy (non-hydrogen) atoms. The molecule has 0 aliphatic heterocycles. The minimum atomic E-state index is -2.65. The van der Waals surface area contributed by atoms with Crippen LogP contribution in [0.15, 0.2) is 0 Å². The third-order valence-electron chi connectivity index (χ3n) is 2.24. The highest BCUT2D eigenvalue weighted by Crippen LogP contribution is 2.38. The van der Waals surface area contributed by atoms with E-state index in [0.29, 0.717) is 12.8 Å². The molecule has 2 unspecified atom stereocenters. The molecular formula is C7H11ClF2OS. The molecule has 72 valence electrons. The molecule has 2 atom stereocenters. The van der Waals surface area contributed by atoms with E-state index >= 15 is 0 Å². The molecule has 1 saturated carbocycles. The summed E-state index contributed by atoms with van der Waals surface area (Å²) in [4.78, 5) is 0. The second-order valence-electron chi connectivity index (χ2n) is 3.16. The number of rotatable bonds is 2. The fraction of sp³-hybridized carbons (Fsp3) is 1.00. The van der Waals surface area contributed by atoms with Gasteiger partial charge in [0.15, 0.2) is 0 Å². The van der Waals surface area contributed by atoms with Gasteiger partial charge in [-0.25, -0.2) is 13.0 Å². The number of halogens is 3. The van der Waals surface area contributed by atoms with Gasteiger partial charge >= 0.3 is 0 Å². The second kappa shape index (κ2) is 4.01. The minimum Gasteiger partial charge on any atom is -0.243 e. The first kappa shape index (κ1) is 10.4. The van der Waals surface area contributed by atoms with Crippen molar-refractivity contribution in [2.45, 2.75) is 31.6 Å². The fourth-order valence-corrected chi connectivity index (χ4v) is 2.71. The van der Waals surface area contributed by atoms with Gasteiger partial charge in [0.2, 0.25) is 0 Å². The van der Waals surface area contributed by atoms with Crippen LogP contribution >= 0.6 is 10.7 Å². The Hall–Kier alpha value is 0.300. The Morgan fingerprint density at radius 1 is 1.50 bits per heavy atom. The average Bonchev–Trinajstić information content (AvgIpc) is 1.92. The summed E-state index contributed by atoms with van der Waals surface area (Å²) in [5.41, 5.74) is 0. The van der Waals surface area contributed by atoms with Crippen LogP contribution in [0, 0.1) is 5.92 Å². The van der Waals surface area contributed by atoms with Gasteiger partial charge in [0, 0.05) is 18.1 Å². The monoisotopic (exact) mass is 216 g/mol. The van der Waals surface area contributed by atoms with E-state index in [1.807, 2.05) is 0 Å². The van der Waals surface area contributed by atoms with E-state index in [2.05, 4.69) is 0 Å². The standard InChI is InChI=1S/C7H11ClF2OS/c8-12(11)5-6-3-1-2-4-7(6,9)10/h6H,1-5H2. The molecule has 1 rings (SSSR count). The summed E-state index contributed by atoms with van der Waals surface area (Å²) in [6, 6.07) is 0. The quantitative estimate of drug-likeness (QED) is 0.649. The molecule has 0 aromatic rings. The van der Waals surface area contributed by atoms with E-state index in [1.54, 1.807) is 0 Å². The van der Waals surface area contributed by atoms with E-state index in [1.165, 1.54) is 0 Å². The lowest BCUT2D eigenvalue weighted by atomic mass is 9.87. The van der Waals surface area contributed by atoms with Crippen LogP contribution in [0.2, 0.25) is 0 Å². The summed E-state index contributed by atoms with van der Waals surface area (Å²) in [7, 11) is 3.56. The molecule has 1 aliphatic carbocycles. The zero-order valence-corrected chi connectivity index (χ0v) is 8.14. The van der Waals surface area contributed by atoms with Crippen LogP contribution in [0.3, 0.4) is 0 Å². The Kier molecular flexibility index (Phi) is 3.47. The highest BCUT2D eigenvalue weighted by atomic mass is 35.7. The molecule has 0 bridgehead atoms. The number of hydrogen-bond donors (Lipinski definition) is 0. The smallest absolute Gasteiger partial charge is 0.243 e. The third kappa shape index (κ3) is 2.66. The van der Waals surface area contributed by atoms with Crippen LogP contribution in [0.25, 0.3) is 0 Å². The third-order valence-corrected chi connectivity index (χ3v) is 3.28. The molecule has 0 spiro atoms. The van der Waals surface area contributed by atoms with Gasteiger partial charge in [-0.15, -0.1) is 0 Å². The Bertz CT molecular complexity index is 186. The van der Waals surface area contributed by atoms with E-state index in [0.717, 1.165) is 6.42 Å². The maximum absolute atomic E-state index is 13.0. The van der Waals surface area contributed by atoms with Gasteiger partial charge in [-0.2, -0.15) is 0 Å². The van der Waals surface area contributed by atoms with Crippen molar-refractivity contribution in [3.63, 3.8) is 0 Å². The van der Waals surface area contributed by atoms with E-state index in [-0.39, 0.29) is 12.2 Å². The SMILES string of the molecule is O=S(Cl)CC1CCCCC1(F)F. The summed E-state index contributed by atoms with van der Waals surface area (Å²) in [6.07, 6.45) is 1.74. The van der Waals surface area contributed by atoms with E-state index in [4.69, 9.17) is 10.7 Å². The number of alkyl halides is 2. The average molecular weight is 217 g/mol. The van der Waals surface area contributed by atoms with Crippen LogP contribution in [-0.4, -0.2) is 15.9 Å². The lowest BCUT2D eigenvalue weighted by Crippen LogP contribution is -2.34. The van der Waals surface area contributed by atoms with Crippen LogP contribution in [0.1, 0.15) is 25.7 Å². The first-order chi connectivity index (χ1) is 5.52. The zero-order valence-electron chi connectivity index (χ0n) is 6.56. The Morgan fingerprint density at radius 2 is 2.17 bits per heavy atom. The van der Waals surface area contributed by atoms with Gasteiger partial charge in [-0.1, -0.05) is 6.42 Å². The topological polar surface area (TPSA) is 17.1 Å². The van der Waals surface area contributed by atoms with Crippen molar-refractivity contribution in [2.24, 2.45) is 5.92 Å². The Labute approximate surface area is 77.4 Å². The van der Waals surface area contributed by atoms with Crippen molar-refractivity contribution in [3.05, 3.63) is 0 Å². The van der Waals surface area contributed by atoms with Crippen molar-refractivity contribution in [1.29, 1.82) is 0 Å². The molecule has 0 heterocycles. The van der Waals surface area contributed by atoms with Crippen molar-refractivity contribution >= 4 is 20.7 Å². The van der Waals surface area contributed by atoms with Gasteiger partial charge in [-0.05, 0) is 23.5 Å². The molecule has 0 aromatic heterocycles. The van der Waals surface area contributed by atoms with Crippen molar-refractivity contribution in [3.8, 4) is 0 Å². The largest absolute Gasteiger partial charge is 0.251 e. The van der Waals surface area contributed by atoms with Gasteiger partial charge in [-0.3, -0.25) is 0 Å². The molecule has 1 nitrogen and oxygen atoms in total. The lowest BCUT2D eigenvalue weighted by Gasteiger charge is -2.30. The normalized spacial score (nSPS) is 31.4. The van der Waals surface area contributed by atoms with Gasteiger partial charge in [0.25, 0.3) is 5.92 Å². The lowest BCUT2D eigenvalue weighted by molar-refractivity contribution is -0.0766. The maximum atomic E-state index is 13.0. The Balaban J connectivity index is 2.54. The molecule has 5 heteroatoms. The van der Waals surface area contributed by atoms with Crippen molar-refractivity contribution < 1.29 is 13.0 Å². The minimum absolute atomic E-state index is 0.0748. The van der Waals surface area contributed by atoms with Crippen LogP contribution in [0.5, 0.6) is 0 Å². The molecule has 0 saturated heterocycles. The van der Waals surface area contributed by atoms with Crippen molar-refractivity contribution in [1.82, 2.24) is 0 Å². The van der Waals surface area contributed by atoms with Crippen LogP contribution < -0.4 is 0 Å². The van der Waals surface area contributed by atoms with Gasteiger partial charge < -0.3 is 0 Å². The molecule has 1 fully saturated rings. The molecule has 0 radical (unpaired) electrons. The summed E-state index contributed by atoms with van der Waals surface area (Å²) in [5, 5.41) is 0. The highest BCUT2D eigenvalue weighted by molar-refractivity contribution is 8.08. The highest BCUT2D eigenvalue weighted by Gasteiger charge is 2.41. The first-order valence-electron chi connectivity index (χ1n) is 3.95. The Morgan fingerprint density at radius 3 is 2.67 bits per heavy atom. The van der Waals surface area contributed by atoms with E-state index < -0.39 is 21.9 Å². The number of hydrogen-bond acceptors (Lipinski definition) is 1. The predicted octanol–water partition coefficient (Wildman–Crippen LogP) is 2.71. The predicted molar refractivity (Wildman–Crippen MR) is 45.8 cm³/mol. The second-order valence-corrected chi connectivity index (χ2v) is 5.11. The van der Waals surface area contributed by atoms with Gasteiger partial charge in [0.05, 0.1) is 0 Å². The van der Waals surface area contributed by atoms with Crippen molar-refractivity contribution in [2.75, 3.05) is 5.75 Å². The molecule has 0 aromatic carbocycles. The first-order valence-corrected chi connectivity index (χ1v) is 6.09. The van der Waals surface area contributed by atoms with Crippen LogP contribution in [-0.2, 0) is 10.0 Å². The molecule has 1 aliphatic rings. The summed E-state index contributed by atoms with van der Waals surface area (Å²) < 4.78 is 36.6. The van der Waals surface area contributed by atoms with E-state index in [9.17, 15) is 13.0 Å². The summed E-state index contributed by atoms with van der Waals surface area (Å²) in [5.74, 6) is -3.50. The zero-order chi connectivity index (χ0) is 9.19. The summed E-state index contributed by atoms with van der Waals surface area (Å²) in [6.45, 7) is 0. The molecular weight excluding hydrogens is 206 g/mol. The van der Waals surface area contributed by atoms with Gasteiger partial charge in [0.1, 0.15) is 10.0 Å². The fourth-order valence-electron chi connectivity index (χ4n) is 1.53. The molecule has 0 amide bonds. The van der Waals surface area contributed by atoms with Crippen LogP contribution in [0.4, 0.5) is 8.78 Å². The maximum Gasteiger partial charge on any atom is 0.251 e. The molecule has 0 N–H and O–H groups in total. The summed E-state index contributed by atoms with van der Waals surface area (Å²) >= 11 is 0.